The molecule has 0 amide bonds. The monoisotopic (exact) mass is 136 g/mol. The molecule has 2 atom stereocenters. The average molecular weight is 136 g/mol. The van der Waals surface area contributed by atoms with E-state index in [1.54, 1.807) is 0 Å². The van der Waals surface area contributed by atoms with Crippen molar-refractivity contribution in [3.63, 3.8) is 0 Å². The Hall–Kier alpha value is -0.330. The van der Waals surface area contributed by atoms with Gasteiger partial charge in [0, 0.05) is 19.6 Å². The Labute approximate surface area is 70.5 Å². The molecule has 1 nitrogen and oxygen atoms in total. The Morgan fingerprint density at radius 3 is 3.11 bits per heavy atom. The first-order valence-electron chi connectivity index (χ1n) is 7.61. The quantitative estimate of drug-likeness (QED) is 0.540. The Bertz CT molecular complexity index is 416. The Morgan fingerprint density at radius 1 is 1.67 bits per heavy atom. The fraction of sp³-hybridized carbons (Fsp3) is 0.875. The van der Waals surface area contributed by atoms with Crippen molar-refractivity contribution in [1.29, 1.82) is 0 Å². The summed E-state index contributed by atoms with van der Waals surface area (Å²) < 4.78 is 75.9. The molecule has 0 aromatic heterocycles. The third-order valence-electron chi connectivity index (χ3n) is 0.928. The number of hydrogen-bond acceptors (Lipinski definition) is 1. The molecular weight excluding hydrogens is 112 g/mol. The fourth-order valence-electron chi connectivity index (χ4n) is 0.469. The second-order valence-electron chi connectivity index (χ2n) is 1.63. The predicted octanol–water partition coefficient (Wildman–Crippen LogP) is 2.16. The van der Waals surface area contributed by atoms with Crippen LogP contribution in [0.1, 0.15) is 52.5 Å². The Balaban J connectivity index is 3.72. The zero-order chi connectivity index (χ0) is 15.7. The van der Waals surface area contributed by atoms with Gasteiger partial charge in [-0.1, -0.05) is 19.1 Å². The standard InChI is InChI=1S/C8H14O/c1-7(9)8-5-3-2-4-6-8/h8H,2-6H2,1H3/i2D2,3D2,4D2,5D,6D2,8D. The second kappa shape index (κ2) is 3.00. The van der Waals surface area contributed by atoms with Crippen molar-refractivity contribution in [2.24, 2.45) is 5.89 Å². The molecule has 0 heterocycles. The molecule has 0 bridgehead atoms. The number of hydrogen-bond donors (Lipinski definition) is 0. The molecule has 1 fully saturated rings. The van der Waals surface area contributed by atoms with E-state index in [4.69, 9.17) is 13.7 Å². The third-order valence-corrected chi connectivity index (χ3v) is 0.928. The molecule has 0 radical (unpaired) electrons. The van der Waals surface area contributed by atoms with E-state index in [0.29, 0.717) is 0 Å². The maximum absolute atomic E-state index is 11.5. The maximum atomic E-state index is 11.5. The first-order chi connectivity index (χ1) is 8.10. The lowest BCUT2D eigenvalue weighted by Crippen LogP contribution is -2.13. The minimum absolute atomic E-state index is 0.777. The number of rotatable bonds is 1. The molecule has 0 saturated heterocycles. The van der Waals surface area contributed by atoms with Gasteiger partial charge in [0.2, 0.25) is 0 Å². The van der Waals surface area contributed by atoms with Gasteiger partial charge in [0.05, 0.1) is 0 Å². The zero-order valence-electron chi connectivity index (χ0n) is 15.0. The van der Waals surface area contributed by atoms with Crippen LogP contribution in [0, 0.1) is 5.89 Å². The molecule has 1 aliphatic carbocycles. The second-order valence-corrected chi connectivity index (χ2v) is 1.63. The summed E-state index contributed by atoms with van der Waals surface area (Å²) >= 11 is 0. The van der Waals surface area contributed by atoms with E-state index in [1.165, 1.54) is 0 Å². The van der Waals surface area contributed by atoms with E-state index in [1.807, 2.05) is 0 Å². The zero-order valence-corrected chi connectivity index (χ0v) is 4.99. The lowest BCUT2D eigenvalue weighted by atomic mass is 9.87. The summed E-state index contributed by atoms with van der Waals surface area (Å²) in [5.41, 5.74) is 0. The van der Waals surface area contributed by atoms with Crippen molar-refractivity contribution in [2.75, 3.05) is 0 Å². The summed E-state index contributed by atoms with van der Waals surface area (Å²) in [6.45, 7) is 0.777. The van der Waals surface area contributed by atoms with Crippen molar-refractivity contribution in [3.05, 3.63) is 0 Å². The van der Waals surface area contributed by atoms with Crippen LogP contribution in [-0.4, -0.2) is 5.78 Å². The number of carbonyl (C=O) groups is 1. The Morgan fingerprint density at radius 2 is 2.44 bits per heavy atom. The fourth-order valence-corrected chi connectivity index (χ4v) is 0.469. The largest absolute Gasteiger partial charge is 0.300 e. The van der Waals surface area contributed by atoms with Gasteiger partial charge in [0.25, 0.3) is 0 Å². The summed E-state index contributed by atoms with van der Waals surface area (Å²) in [5, 5.41) is 0. The van der Waals surface area contributed by atoms with E-state index in [-0.39, 0.29) is 0 Å². The SMILES string of the molecule is [2H]C1C([2H])([2H])C([2H])([2H])C([2H])([2H])C([2H])([2H])C1([2H])C(C)=O. The summed E-state index contributed by atoms with van der Waals surface area (Å²) in [4.78, 5) is 11.5. The van der Waals surface area contributed by atoms with Gasteiger partial charge in [0.1, 0.15) is 5.78 Å². The summed E-state index contributed by atoms with van der Waals surface area (Å²) in [7, 11) is 0. The van der Waals surface area contributed by atoms with Crippen LogP contribution in [0.2, 0.25) is 0 Å². The molecular formula is C8H14O. The highest BCUT2D eigenvalue weighted by molar-refractivity contribution is 5.78. The maximum Gasteiger partial charge on any atom is 0.132 e. The minimum Gasteiger partial charge on any atom is -0.300 e. The lowest BCUT2D eigenvalue weighted by Gasteiger charge is -2.17. The molecule has 9 heavy (non-hydrogen) atoms. The molecule has 1 rings (SSSR count). The average Bonchev–Trinajstić information content (AvgIpc) is 2.24. The van der Waals surface area contributed by atoms with Crippen LogP contribution in [0.4, 0.5) is 0 Å². The molecule has 0 aliphatic heterocycles. The topological polar surface area (TPSA) is 17.1 Å². The van der Waals surface area contributed by atoms with Crippen LogP contribution in [0.25, 0.3) is 0 Å². The van der Waals surface area contributed by atoms with E-state index in [9.17, 15) is 4.79 Å². The van der Waals surface area contributed by atoms with Gasteiger partial charge in [0.15, 0.2) is 0 Å². The Kier molecular flexibility index (Phi) is 0.487. The minimum atomic E-state index is -3.44. The third kappa shape index (κ3) is 1.81. The summed E-state index contributed by atoms with van der Waals surface area (Å²) in [6.07, 6.45) is -15.7. The van der Waals surface area contributed by atoms with Crippen molar-refractivity contribution in [1.82, 2.24) is 0 Å². The van der Waals surface area contributed by atoms with Gasteiger partial charge in [-0.15, -0.1) is 0 Å². The molecule has 0 spiro atoms. The van der Waals surface area contributed by atoms with Gasteiger partial charge in [-0.25, -0.2) is 0 Å². The van der Waals surface area contributed by atoms with Crippen LogP contribution in [0.15, 0.2) is 0 Å². The van der Waals surface area contributed by atoms with E-state index >= 15 is 0 Å². The highest BCUT2D eigenvalue weighted by atomic mass is 16.1. The van der Waals surface area contributed by atoms with Crippen LogP contribution in [-0.2, 0) is 4.79 Å². The lowest BCUT2D eigenvalue weighted by molar-refractivity contribution is -0.121. The molecule has 2 unspecified atom stereocenters. The van der Waals surface area contributed by atoms with Crippen molar-refractivity contribution in [3.8, 4) is 0 Å². The van der Waals surface area contributed by atoms with Gasteiger partial charge < -0.3 is 0 Å². The molecule has 1 aliphatic rings. The predicted molar refractivity (Wildman–Crippen MR) is 37.3 cm³/mol. The van der Waals surface area contributed by atoms with Crippen LogP contribution < -0.4 is 0 Å². The smallest absolute Gasteiger partial charge is 0.132 e. The van der Waals surface area contributed by atoms with Crippen LogP contribution in [0.3, 0.4) is 0 Å². The number of ketones is 1. The van der Waals surface area contributed by atoms with Gasteiger partial charge >= 0.3 is 0 Å². The van der Waals surface area contributed by atoms with Crippen LogP contribution >= 0.6 is 0 Å². The molecule has 0 aromatic carbocycles. The highest BCUT2D eigenvalue weighted by Crippen LogP contribution is 2.23. The van der Waals surface area contributed by atoms with Gasteiger partial charge in [-0.3, -0.25) is 4.79 Å². The normalized spacial score (nSPS) is 83.0. The first-order valence-corrected chi connectivity index (χ1v) is 2.53. The molecule has 0 N–H and O–H groups in total. The molecule has 1 heteroatoms. The molecule has 52 valence electrons. The summed E-state index contributed by atoms with van der Waals surface area (Å²) in [6, 6.07) is 0. The first kappa shape index (κ1) is 1.46. The van der Waals surface area contributed by atoms with E-state index in [0.717, 1.165) is 6.92 Å². The number of Topliss-reactive ketones (excluding diaryl/α,β-unsaturated/α-hetero) is 1. The van der Waals surface area contributed by atoms with Gasteiger partial charge in [-0.2, -0.15) is 0 Å². The van der Waals surface area contributed by atoms with Crippen molar-refractivity contribution >= 4 is 5.78 Å². The van der Waals surface area contributed by atoms with Gasteiger partial charge in [-0.05, 0) is 19.7 Å². The highest BCUT2D eigenvalue weighted by Gasteiger charge is 2.16. The van der Waals surface area contributed by atoms with E-state index < -0.39 is 43.6 Å². The summed E-state index contributed by atoms with van der Waals surface area (Å²) in [5.74, 6) is -4.23. The van der Waals surface area contributed by atoms with E-state index in [2.05, 4.69) is 0 Å². The molecule has 1 saturated carbocycles. The van der Waals surface area contributed by atoms with Crippen molar-refractivity contribution < 1.29 is 18.5 Å². The van der Waals surface area contributed by atoms with Crippen LogP contribution in [0.5, 0.6) is 0 Å². The van der Waals surface area contributed by atoms with Crippen molar-refractivity contribution in [2.45, 2.75) is 38.8 Å². The molecule has 0 aromatic rings. The number of carbonyl (C=O) groups excluding carboxylic acids is 1.